The number of imidazole rings is 2. The summed E-state index contributed by atoms with van der Waals surface area (Å²) in [4.78, 5) is 21.7. The maximum absolute atomic E-state index is 12.1. The monoisotopic (exact) mass is 422 g/mol. The average molecular weight is 422 g/mol. The molecule has 4 aromatic heterocycles. The van der Waals surface area contributed by atoms with E-state index in [0.717, 1.165) is 22.7 Å². The van der Waals surface area contributed by atoms with E-state index in [2.05, 4.69) is 11.4 Å². The van der Waals surface area contributed by atoms with Gasteiger partial charge in [-0.1, -0.05) is 6.07 Å². The smallest absolute Gasteiger partial charge is 0.339 e. The zero-order valence-corrected chi connectivity index (χ0v) is 17.4. The second kappa shape index (κ2) is 7.56. The molecule has 5 rings (SSSR count). The molecule has 1 N–H and O–H groups in total. The summed E-state index contributed by atoms with van der Waals surface area (Å²) < 4.78 is 8.70. The first-order chi connectivity index (χ1) is 15.6. The lowest BCUT2D eigenvalue weighted by Gasteiger charge is -2.09. The third-order valence-electron chi connectivity index (χ3n) is 5.27. The van der Waals surface area contributed by atoms with Gasteiger partial charge in [0.2, 0.25) is 0 Å². The van der Waals surface area contributed by atoms with E-state index in [4.69, 9.17) is 20.0 Å². The first-order valence-corrected chi connectivity index (χ1v) is 9.90. The summed E-state index contributed by atoms with van der Waals surface area (Å²) in [5.74, 6) is 1.06. The molecule has 0 saturated carbocycles. The van der Waals surface area contributed by atoms with Crippen molar-refractivity contribution in [2.24, 2.45) is 0 Å². The van der Waals surface area contributed by atoms with Crippen LogP contribution in [0.4, 0.5) is 11.5 Å². The van der Waals surface area contributed by atoms with Crippen molar-refractivity contribution in [3.63, 3.8) is 0 Å². The molecular weight excluding hydrogens is 404 g/mol. The van der Waals surface area contributed by atoms with Crippen molar-refractivity contribution in [2.45, 2.75) is 6.92 Å². The molecule has 8 heteroatoms. The van der Waals surface area contributed by atoms with Gasteiger partial charge in [0.1, 0.15) is 28.7 Å². The van der Waals surface area contributed by atoms with E-state index in [1.165, 1.54) is 7.11 Å². The predicted molar refractivity (Wildman–Crippen MR) is 120 cm³/mol. The van der Waals surface area contributed by atoms with Crippen molar-refractivity contribution in [1.82, 2.24) is 18.8 Å². The van der Waals surface area contributed by atoms with Crippen LogP contribution >= 0.6 is 0 Å². The second-order valence-electron chi connectivity index (χ2n) is 7.22. The van der Waals surface area contributed by atoms with Crippen molar-refractivity contribution in [3.05, 3.63) is 83.9 Å². The maximum Gasteiger partial charge on any atom is 0.339 e. The Labute approximate surface area is 183 Å². The summed E-state index contributed by atoms with van der Waals surface area (Å²) >= 11 is 0. The molecule has 0 aliphatic carbocycles. The average Bonchev–Trinajstić information content (AvgIpc) is 3.36. The van der Waals surface area contributed by atoms with Crippen molar-refractivity contribution < 1.29 is 9.53 Å². The van der Waals surface area contributed by atoms with Gasteiger partial charge in [0.15, 0.2) is 0 Å². The zero-order valence-electron chi connectivity index (χ0n) is 17.4. The van der Waals surface area contributed by atoms with Crippen LogP contribution in [-0.2, 0) is 4.74 Å². The number of nitrogens with zero attached hydrogens (tertiary/aromatic N) is 5. The van der Waals surface area contributed by atoms with Gasteiger partial charge < -0.3 is 14.5 Å². The number of carbonyl (C=O) groups is 1. The van der Waals surface area contributed by atoms with Crippen LogP contribution in [0.1, 0.15) is 21.7 Å². The number of pyridine rings is 2. The number of rotatable bonds is 4. The number of carbonyl (C=O) groups excluding carboxylic acids is 1. The summed E-state index contributed by atoms with van der Waals surface area (Å²) in [6, 6.07) is 18.6. The minimum Gasteiger partial charge on any atom is -0.465 e. The molecule has 156 valence electrons. The van der Waals surface area contributed by atoms with Gasteiger partial charge >= 0.3 is 5.97 Å². The number of hydrogen-bond acceptors (Lipinski definition) is 6. The van der Waals surface area contributed by atoms with Crippen LogP contribution in [0.2, 0.25) is 0 Å². The summed E-state index contributed by atoms with van der Waals surface area (Å²) in [6.07, 6.45) is 3.65. The third-order valence-corrected chi connectivity index (χ3v) is 5.27. The van der Waals surface area contributed by atoms with Gasteiger partial charge in [-0.15, -0.1) is 0 Å². The summed E-state index contributed by atoms with van der Waals surface area (Å²) in [5, 5.41) is 12.5. The van der Waals surface area contributed by atoms with Gasteiger partial charge in [-0.3, -0.25) is 4.40 Å². The molecule has 8 nitrogen and oxygen atoms in total. The third kappa shape index (κ3) is 3.13. The summed E-state index contributed by atoms with van der Waals surface area (Å²) in [7, 11) is 1.35. The molecule has 4 heterocycles. The number of nitriles is 1. The Morgan fingerprint density at radius 1 is 1.03 bits per heavy atom. The topological polar surface area (TPSA) is 96.7 Å². The number of aromatic nitrogens is 4. The normalized spacial score (nSPS) is 10.9. The first-order valence-electron chi connectivity index (χ1n) is 9.90. The first kappa shape index (κ1) is 19.3. The molecule has 0 atom stereocenters. The maximum atomic E-state index is 12.1. The molecular formula is C24H18N6O2. The van der Waals surface area contributed by atoms with Gasteiger partial charge in [0.25, 0.3) is 0 Å². The minimum atomic E-state index is -0.435. The molecule has 5 aromatic rings. The Balaban J connectivity index is 1.75. The quantitative estimate of drug-likeness (QED) is 0.432. The Kier molecular flexibility index (Phi) is 4.57. The molecule has 0 spiro atoms. The Bertz CT molecular complexity index is 1520. The fourth-order valence-electron chi connectivity index (χ4n) is 3.70. The second-order valence-corrected chi connectivity index (χ2v) is 7.22. The number of aryl methyl sites for hydroxylation is 1. The van der Waals surface area contributed by atoms with Crippen molar-refractivity contribution >= 4 is 28.6 Å². The predicted octanol–water partition coefficient (Wildman–Crippen LogP) is 4.36. The number of anilines is 2. The van der Waals surface area contributed by atoms with Gasteiger partial charge in [0.05, 0.1) is 29.8 Å². The van der Waals surface area contributed by atoms with Crippen LogP contribution in [0.25, 0.3) is 22.6 Å². The fraction of sp³-hybridized carbons (Fsp3) is 0.0833. The number of fused-ring (bicyclic) bond motifs is 2. The van der Waals surface area contributed by atoms with E-state index in [-0.39, 0.29) is 0 Å². The highest BCUT2D eigenvalue weighted by molar-refractivity contribution is 5.91. The minimum absolute atomic E-state index is 0.401. The highest BCUT2D eigenvalue weighted by Gasteiger charge is 2.21. The molecule has 0 saturated heterocycles. The molecule has 0 aliphatic heterocycles. The van der Waals surface area contributed by atoms with E-state index < -0.39 is 5.97 Å². The number of methoxy groups -OCH3 is 1. The van der Waals surface area contributed by atoms with Crippen LogP contribution in [0.5, 0.6) is 0 Å². The Morgan fingerprint density at radius 2 is 1.84 bits per heavy atom. The van der Waals surface area contributed by atoms with Gasteiger partial charge in [-0.05, 0) is 55.5 Å². The summed E-state index contributed by atoms with van der Waals surface area (Å²) in [5.41, 5.74) is 4.69. The SMILES string of the molecule is COC(=O)c1ccc2nc(-c3nc(C)n4ccccc34)c(Nc3ccc(C#N)cc3)n2c1. The molecule has 0 aliphatic rings. The van der Waals surface area contributed by atoms with E-state index in [9.17, 15) is 4.79 Å². The summed E-state index contributed by atoms with van der Waals surface area (Å²) in [6.45, 7) is 1.94. The number of ether oxygens (including phenoxy) is 1. The number of nitrogens with one attached hydrogen (secondary N) is 1. The highest BCUT2D eigenvalue weighted by atomic mass is 16.5. The molecule has 0 fully saturated rings. The number of esters is 1. The fourth-order valence-corrected chi connectivity index (χ4v) is 3.70. The van der Waals surface area contributed by atoms with Gasteiger partial charge in [-0.25, -0.2) is 14.8 Å². The highest BCUT2D eigenvalue weighted by Crippen LogP contribution is 2.33. The lowest BCUT2D eigenvalue weighted by Crippen LogP contribution is -2.04. The zero-order chi connectivity index (χ0) is 22.2. The largest absolute Gasteiger partial charge is 0.465 e. The Morgan fingerprint density at radius 3 is 2.59 bits per heavy atom. The van der Waals surface area contributed by atoms with E-state index in [1.807, 2.05) is 52.3 Å². The van der Waals surface area contributed by atoms with Crippen LogP contribution in [0, 0.1) is 18.3 Å². The molecule has 0 amide bonds. The van der Waals surface area contributed by atoms with Crippen LogP contribution < -0.4 is 5.32 Å². The number of hydrogen-bond donors (Lipinski definition) is 1. The van der Waals surface area contributed by atoms with Gasteiger partial charge in [-0.2, -0.15) is 5.26 Å². The van der Waals surface area contributed by atoms with E-state index >= 15 is 0 Å². The molecule has 32 heavy (non-hydrogen) atoms. The van der Waals surface area contributed by atoms with E-state index in [0.29, 0.717) is 28.3 Å². The van der Waals surface area contributed by atoms with Crippen LogP contribution in [0.3, 0.4) is 0 Å². The van der Waals surface area contributed by atoms with Crippen LogP contribution in [0.15, 0.2) is 67.0 Å². The number of benzene rings is 1. The Hall–Kier alpha value is -4.64. The lowest BCUT2D eigenvalue weighted by atomic mass is 10.2. The lowest BCUT2D eigenvalue weighted by molar-refractivity contribution is 0.0600. The van der Waals surface area contributed by atoms with Crippen molar-refractivity contribution in [3.8, 4) is 17.5 Å². The van der Waals surface area contributed by atoms with Gasteiger partial charge in [0, 0.05) is 18.1 Å². The molecule has 1 aromatic carbocycles. The van der Waals surface area contributed by atoms with Crippen molar-refractivity contribution in [1.29, 1.82) is 5.26 Å². The molecule has 0 bridgehead atoms. The molecule has 0 radical (unpaired) electrons. The molecule has 0 unspecified atom stereocenters. The standard InChI is InChI=1S/C24H18N6O2/c1-15-26-21(19-5-3-4-12-29(15)19)22-23(27-18-9-6-16(13-25)7-10-18)30-14-17(24(31)32-2)8-11-20(30)28-22/h3-12,14,27H,1-2H3. The van der Waals surface area contributed by atoms with Crippen molar-refractivity contribution in [2.75, 3.05) is 12.4 Å². The van der Waals surface area contributed by atoms with E-state index in [1.54, 1.807) is 30.5 Å². The van der Waals surface area contributed by atoms with Crippen LogP contribution in [-0.4, -0.2) is 31.8 Å².